The first kappa shape index (κ1) is 16.4. The summed E-state index contributed by atoms with van der Waals surface area (Å²) in [6.07, 6.45) is 0. The number of nitrogens with zero attached hydrogens (tertiary/aromatic N) is 2. The van der Waals surface area contributed by atoms with Gasteiger partial charge in [0.05, 0.1) is 0 Å². The van der Waals surface area contributed by atoms with Crippen LogP contribution in [0.3, 0.4) is 0 Å². The standard InChI is InChI=1S/C20H25N3O/c1-16(2)20(24)21-17-8-10-19(11-9-17)23-14-12-22(13-15-23)18-6-4-3-5-7-18/h3-11,16H,12-15H2,1-2H3,(H,21,24). The van der Waals surface area contributed by atoms with Crippen LogP contribution < -0.4 is 15.1 Å². The lowest BCUT2D eigenvalue weighted by Gasteiger charge is -2.37. The Bertz CT molecular complexity index is 659. The van der Waals surface area contributed by atoms with Gasteiger partial charge >= 0.3 is 0 Å². The van der Waals surface area contributed by atoms with Crippen molar-refractivity contribution in [2.45, 2.75) is 13.8 Å². The van der Waals surface area contributed by atoms with Gasteiger partial charge in [0.25, 0.3) is 0 Å². The molecule has 4 heteroatoms. The molecule has 1 fully saturated rings. The van der Waals surface area contributed by atoms with Crippen LogP contribution in [0.15, 0.2) is 54.6 Å². The van der Waals surface area contributed by atoms with Crippen LogP contribution in [0, 0.1) is 5.92 Å². The lowest BCUT2D eigenvalue weighted by Crippen LogP contribution is -2.46. The fourth-order valence-corrected chi connectivity index (χ4v) is 2.90. The van der Waals surface area contributed by atoms with Gasteiger partial charge in [0.2, 0.25) is 5.91 Å². The van der Waals surface area contributed by atoms with Crippen molar-refractivity contribution in [1.29, 1.82) is 0 Å². The van der Waals surface area contributed by atoms with Gasteiger partial charge in [-0.1, -0.05) is 32.0 Å². The highest BCUT2D eigenvalue weighted by Gasteiger charge is 2.17. The second-order valence-corrected chi connectivity index (χ2v) is 6.50. The van der Waals surface area contributed by atoms with Crippen LogP contribution >= 0.6 is 0 Å². The van der Waals surface area contributed by atoms with E-state index < -0.39 is 0 Å². The van der Waals surface area contributed by atoms with Crippen LogP contribution in [-0.2, 0) is 4.79 Å². The molecule has 0 aromatic heterocycles. The van der Waals surface area contributed by atoms with Crippen LogP contribution in [0.4, 0.5) is 17.1 Å². The summed E-state index contributed by atoms with van der Waals surface area (Å²) < 4.78 is 0. The fourth-order valence-electron chi connectivity index (χ4n) is 2.90. The van der Waals surface area contributed by atoms with E-state index in [1.807, 2.05) is 26.0 Å². The number of nitrogens with one attached hydrogen (secondary N) is 1. The molecule has 2 aromatic carbocycles. The van der Waals surface area contributed by atoms with E-state index >= 15 is 0 Å². The first-order valence-corrected chi connectivity index (χ1v) is 8.59. The number of benzene rings is 2. The van der Waals surface area contributed by atoms with E-state index in [-0.39, 0.29) is 11.8 Å². The molecule has 1 aliphatic heterocycles. The van der Waals surface area contributed by atoms with Crippen LogP contribution in [-0.4, -0.2) is 32.1 Å². The molecular formula is C20H25N3O. The molecule has 1 heterocycles. The SMILES string of the molecule is CC(C)C(=O)Nc1ccc(N2CCN(c3ccccc3)CC2)cc1. The molecule has 0 atom stereocenters. The number of carbonyl (C=O) groups excluding carboxylic acids is 1. The molecule has 1 N–H and O–H groups in total. The van der Waals surface area contributed by atoms with Crippen molar-refractivity contribution in [2.75, 3.05) is 41.3 Å². The van der Waals surface area contributed by atoms with E-state index in [0.717, 1.165) is 31.9 Å². The molecule has 0 spiro atoms. The number of hydrogen-bond donors (Lipinski definition) is 1. The lowest BCUT2D eigenvalue weighted by molar-refractivity contribution is -0.118. The van der Waals surface area contributed by atoms with E-state index in [9.17, 15) is 4.79 Å². The molecule has 4 nitrogen and oxygen atoms in total. The molecule has 0 bridgehead atoms. The molecule has 1 aliphatic rings. The van der Waals surface area contributed by atoms with Crippen LogP contribution in [0.1, 0.15) is 13.8 Å². The third-order valence-electron chi connectivity index (χ3n) is 4.43. The van der Waals surface area contributed by atoms with Gasteiger partial charge in [0, 0.05) is 49.2 Å². The maximum absolute atomic E-state index is 11.7. The number of para-hydroxylation sites is 1. The molecule has 0 unspecified atom stereocenters. The van der Waals surface area contributed by atoms with Crippen molar-refractivity contribution in [3.8, 4) is 0 Å². The van der Waals surface area contributed by atoms with Crippen molar-refractivity contribution in [1.82, 2.24) is 0 Å². The zero-order valence-corrected chi connectivity index (χ0v) is 14.4. The van der Waals surface area contributed by atoms with Crippen molar-refractivity contribution < 1.29 is 4.79 Å². The van der Waals surface area contributed by atoms with Gasteiger partial charge in [0.1, 0.15) is 0 Å². The van der Waals surface area contributed by atoms with Crippen LogP contribution in [0.25, 0.3) is 0 Å². The number of hydrogen-bond acceptors (Lipinski definition) is 3. The highest BCUT2D eigenvalue weighted by Crippen LogP contribution is 2.22. The van der Waals surface area contributed by atoms with Gasteiger partial charge in [-0.25, -0.2) is 0 Å². The van der Waals surface area contributed by atoms with E-state index in [2.05, 4.69) is 57.6 Å². The number of piperazine rings is 1. The first-order chi connectivity index (χ1) is 11.6. The maximum atomic E-state index is 11.7. The summed E-state index contributed by atoms with van der Waals surface area (Å²) in [6, 6.07) is 18.7. The molecular weight excluding hydrogens is 298 g/mol. The Morgan fingerprint density at radius 3 is 1.83 bits per heavy atom. The van der Waals surface area contributed by atoms with Gasteiger partial charge in [-0.2, -0.15) is 0 Å². The van der Waals surface area contributed by atoms with Crippen LogP contribution in [0.2, 0.25) is 0 Å². The molecule has 1 saturated heterocycles. The summed E-state index contributed by atoms with van der Waals surface area (Å²) in [5, 5.41) is 2.93. The Hall–Kier alpha value is -2.49. The Morgan fingerprint density at radius 1 is 0.833 bits per heavy atom. The zero-order valence-electron chi connectivity index (χ0n) is 14.4. The maximum Gasteiger partial charge on any atom is 0.226 e. The zero-order chi connectivity index (χ0) is 16.9. The van der Waals surface area contributed by atoms with Crippen molar-refractivity contribution in [3.63, 3.8) is 0 Å². The average Bonchev–Trinajstić information content (AvgIpc) is 2.63. The molecule has 3 rings (SSSR count). The summed E-state index contributed by atoms with van der Waals surface area (Å²) in [7, 11) is 0. The van der Waals surface area contributed by atoms with Gasteiger partial charge < -0.3 is 15.1 Å². The lowest BCUT2D eigenvalue weighted by atomic mass is 10.2. The van der Waals surface area contributed by atoms with E-state index in [1.165, 1.54) is 11.4 Å². The highest BCUT2D eigenvalue weighted by molar-refractivity contribution is 5.92. The van der Waals surface area contributed by atoms with E-state index in [1.54, 1.807) is 0 Å². The normalized spacial score (nSPS) is 14.8. The first-order valence-electron chi connectivity index (χ1n) is 8.59. The Morgan fingerprint density at radius 2 is 1.33 bits per heavy atom. The number of anilines is 3. The molecule has 24 heavy (non-hydrogen) atoms. The van der Waals surface area contributed by atoms with E-state index in [4.69, 9.17) is 0 Å². The minimum Gasteiger partial charge on any atom is -0.368 e. The predicted molar refractivity (Wildman–Crippen MR) is 101 cm³/mol. The fraction of sp³-hybridized carbons (Fsp3) is 0.350. The molecule has 0 saturated carbocycles. The smallest absolute Gasteiger partial charge is 0.226 e. The summed E-state index contributed by atoms with van der Waals surface area (Å²) in [6.45, 7) is 7.86. The third-order valence-corrected chi connectivity index (χ3v) is 4.43. The van der Waals surface area contributed by atoms with Gasteiger partial charge in [0.15, 0.2) is 0 Å². The van der Waals surface area contributed by atoms with Gasteiger partial charge in [-0.15, -0.1) is 0 Å². The second-order valence-electron chi connectivity index (χ2n) is 6.50. The van der Waals surface area contributed by atoms with Gasteiger partial charge in [-0.3, -0.25) is 4.79 Å². The highest BCUT2D eigenvalue weighted by atomic mass is 16.1. The minimum atomic E-state index is -0.00394. The third kappa shape index (κ3) is 3.88. The van der Waals surface area contributed by atoms with Crippen molar-refractivity contribution >= 4 is 23.0 Å². The van der Waals surface area contributed by atoms with Crippen molar-refractivity contribution in [2.24, 2.45) is 5.92 Å². The quantitative estimate of drug-likeness (QED) is 0.933. The minimum absolute atomic E-state index is 0.00394. The van der Waals surface area contributed by atoms with Gasteiger partial charge in [-0.05, 0) is 36.4 Å². The van der Waals surface area contributed by atoms with Crippen LogP contribution in [0.5, 0.6) is 0 Å². The predicted octanol–water partition coefficient (Wildman–Crippen LogP) is 3.61. The molecule has 2 aromatic rings. The molecule has 0 aliphatic carbocycles. The monoisotopic (exact) mass is 323 g/mol. The number of amides is 1. The Balaban J connectivity index is 1.57. The summed E-state index contributed by atoms with van der Waals surface area (Å²) in [5.74, 6) is 0.0509. The number of carbonyl (C=O) groups is 1. The summed E-state index contributed by atoms with van der Waals surface area (Å²) in [5.41, 5.74) is 3.37. The molecule has 126 valence electrons. The molecule has 0 radical (unpaired) electrons. The average molecular weight is 323 g/mol. The Labute approximate surface area is 144 Å². The van der Waals surface area contributed by atoms with Crippen molar-refractivity contribution in [3.05, 3.63) is 54.6 Å². The Kier molecular flexibility index (Phi) is 5.04. The summed E-state index contributed by atoms with van der Waals surface area (Å²) >= 11 is 0. The topological polar surface area (TPSA) is 35.6 Å². The summed E-state index contributed by atoms with van der Waals surface area (Å²) in [4.78, 5) is 16.6. The van der Waals surface area contributed by atoms with E-state index in [0.29, 0.717) is 0 Å². The second kappa shape index (κ2) is 7.39. The largest absolute Gasteiger partial charge is 0.368 e. The number of rotatable bonds is 4. The molecule has 1 amide bonds.